The summed E-state index contributed by atoms with van der Waals surface area (Å²) >= 11 is 0. The molecule has 5 aliphatic carbocycles. The number of ether oxygens (including phenoxy) is 4. The van der Waals surface area contributed by atoms with E-state index in [2.05, 4.69) is 0 Å². The molecule has 0 aromatic rings. The lowest BCUT2D eigenvalue weighted by atomic mass is 9.74. The summed E-state index contributed by atoms with van der Waals surface area (Å²) in [5.41, 5.74) is -4.09. The maximum Gasteiger partial charge on any atom is 0.347 e. The van der Waals surface area contributed by atoms with Crippen LogP contribution in [0.1, 0.15) is 151 Å². The number of aliphatic hydroxyl groups is 1. The van der Waals surface area contributed by atoms with Crippen molar-refractivity contribution in [3.63, 3.8) is 0 Å². The largest absolute Gasteiger partial charge is 0.463 e. The van der Waals surface area contributed by atoms with E-state index in [0.29, 0.717) is 57.3 Å². The highest BCUT2D eigenvalue weighted by Crippen LogP contribution is 2.63. The number of carbonyl (C=O) groups excluding carboxylic acids is 4. The number of cyclic esters (lactones) is 1. The van der Waals surface area contributed by atoms with Crippen LogP contribution < -0.4 is 0 Å². The summed E-state index contributed by atoms with van der Waals surface area (Å²) < 4.78 is 22.9. The van der Waals surface area contributed by atoms with Gasteiger partial charge < -0.3 is 24.1 Å². The van der Waals surface area contributed by atoms with Gasteiger partial charge in [-0.3, -0.25) is 14.4 Å². The first kappa shape index (κ1) is 35.2. The first-order chi connectivity index (χ1) is 21.4. The average Bonchev–Trinajstić information content (AvgIpc) is 3.52. The molecule has 6 unspecified atom stereocenters. The Morgan fingerprint density at radius 1 is 0.848 bits per heavy atom. The van der Waals surface area contributed by atoms with E-state index in [0.717, 1.165) is 51.4 Å². The number of rotatable bonds is 14. The third-order valence-corrected chi connectivity index (χ3v) is 12.3. The molecule has 6 aliphatic rings. The summed E-state index contributed by atoms with van der Waals surface area (Å²) in [6.07, 6.45) is 11.8. The van der Waals surface area contributed by atoms with Crippen LogP contribution >= 0.6 is 0 Å². The van der Waals surface area contributed by atoms with Crippen molar-refractivity contribution in [2.45, 2.75) is 174 Å². The average molecular weight is 647 g/mol. The van der Waals surface area contributed by atoms with Gasteiger partial charge in [0.25, 0.3) is 0 Å². The zero-order chi connectivity index (χ0) is 33.6. The topological polar surface area (TPSA) is 125 Å². The smallest absolute Gasteiger partial charge is 0.347 e. The summed E-state index contributed by atoms with van der Waals surface area (Å²) in [5, 5.41) is 11.2. The summed E-state index contributed by atoms with van der Waals surface area (Å²) in [6.45, 7) is 11.7. The molecule has 4 bridgehead atoms. The van der Waals surface area contributed by atoms with Crippen molar-refractivity contribution in [1.82, 2.24) is 0 Å². The van der Waals surface area contributed by atoms with Crippen LogP contribution in [0.15, 0.2) is 0 Å². The molecule has 1 aliphatic heterocycles. The molecule has 0 spiro atoms. The highest BCUT2D eigenvalue weighted by Gasteiger charge is 2.65. The van der Waals surface area contributed by atoms with Gasteiger partial charge in [-0.1, -0.05) is 19.3 Å². The Bertz CT molecular complexity index is 1190. The van der Waals surface area contributed by atoms with Gasteiger partial charge in [0.2, 0.25) is 6.10 Å². The molecule has 0 aromatic heterocycles. The molecule has 0 radical (unpaired) electrons. The molecule has 0 aromatic carbocycles. The molecule has 1 saturated heterocycles. The fourth-order valence-electron chi connectivity index (χ4n) is 9.23. The summed E-state index contributed by atoms with van der Waals surface area (Å²) in [5.74, 6) is -0.776. The summed E-state index contributed by atoms with van der Waals surface area (Å²) in [6, 6.07) is 0. The number of hydrogen-bond acceptors (Lipinski definition) is 9. The van der Waals surface area contributed by atoms with Gasteiger partial charge in [-0.05, 0) is 130 Å². The number of carbonyl (C=O) groups is 4. The molecule has 0 amide bonds. The molecular weight excluding hydrogens is 588 g/mol. The molecule has 5 saturated carbocycles. The lowest BCUT2D eigenvalue weighted by Gasteiger charge is -2.41. The molecule has 6 fully saturated rings. The Hall–Kier alpha value is -2.16. The van der Waals surface area contributed by atoms with Gasteiger partial charge in [-0.25, -0.2) is 4.79 Å². The third-order valence-electron chi connectivity index (χ3n) is 12.3. The fraction of sp³-hybridized carbons (Fsp3) is 0.892. The Kier molecular flexibility index (Phi) is 9.71. The second-order valence-corrected chi connectivity index (χ2v) is 17.5. The molecule has 9 nitrogen and oxygen atoms in total. The zero-order valence-electron chi connectivity index (χ0n) is 29.2. The van der Waals surface area contributed by atoms with Crippen LogP contribution in [0, 0.1) is 28.1 Å². The zero-order valence-corrected chi connectivity index (χ0v) is 29.2. The minimum Gasteiger partial charge on any atom is -0.463 e. The molecule has 6 atom stereocenters. The van der Waals surface area contributed by atoms with Crippen molar-refractivity contribution < 1.29 is 43.2 Å². The molecular formula is C37H58O9. The summed E-state index contributed by atoms with van der Waals surface area (Å²) in [4.78, 5) is 52.3. The molecule has 1 heterocycles. The molecule has 260 valence electrons. The standard InChI is InChI=1S/C37H58O9/c1-32(2,29(39)44-27-12-19-43-28(27)38)13-10-15-34(5,31(41)46-36-21-25-20-26(23-36)37(42,22-25)24-36)16-11-14-33(3,4)30(40)45-35(6)17-8-7-9-18-35/h25-27,42H,7-24H2,1-6H3. The second-order valence-electron chi connectivity index (χ2n) is 17.5. The highest BCUT2D eigenvalue weighted by molar-refractivity contribution is 5.83. The Balaban J connectivity index is 1.22. The van der Waals surface area contributed by atoms with Crippen LogP contribution in [-0.2, 0) is 38.1 Å². The minimum absolute atomic E-state index is 0.182. The van der Waals surface area contributed by atoms with Crippen LogP contribution in [0.4, 0.5) is 0 Å². The maximum absolute atomic E-state index is 14.2. The van der Waals surface area contributed by atoms with Gasteiger partial charge in [-0.15, -0.1) is 0 Å². The van der Waals surface area contributed by atoms with E-state index in [1.54, 1.807) is 13.8 Å². The second kappa shape index (κ2) is 12.7. The normalized spacial score (nSPS) is 32.9. The van der Waals surface area contributed by atoms with E-state index in [4.69, 9.17) is 18.9 Å². The molecule has 1 N–H and O–H groups in total. The van der Waals surface area contributed by atoms with Crippen LogP contribution in [0.3, 0.4) is 0 Å². The fourth-order valence-corrected chi connectivity index (χ4v) is 9.23. The number of hydrogen-bond donors (Lipinski definition) is 1. The van der Waals surface area contributed by atoms with Crippen molar-refractivity contribution in [2.24, 2.45) is 28.1 Å². The van der Waals surface area contributed by atoms with Crippen molar-refractivity contribution in [1.29, 1.82) is 0 Å². The predicted molar refractivity (Wildman–Crippen MR) is 170 cm³/mol. The third kappa shape index (κ3) is 7.44. The molecule has 9 heteroatoms. The van der Waals surface area contributed by atoms with Crippen LogP contribution in [0.5, 0.6) is 0 Å². The predicted octanol–water partition coefficient (Wildman–Crippen LogP) is 6.75. The Labute approximate surface area is 275 Å². The van der Waals surface area contributed by atoms with E-state index in [1.807, 2.05) is 27.7 Å². The Morgan fingerprint density at radius 3 is 2.04 bits per heavy atom. The van der Waals surface area contributed by atoms with Crippen molar-refractivity contribution in [3.8, 4) is 0 Å². The SMILES string of the molecule is CC1(OC(=O)C(C)(C)CCCC(C)(CCCC(C)(C)C(=O)OC2CCOC2=O)C(=O)OC23CC4CC(C2)C(O)(C4)C3)CCCCC1. The van der Waals surface area contributed by atoms with Gasteiger partial charge >= 0.3 is 23.9 Å². The molecule has 6 rings (SSSR count). The van der Waals surface area contributed by atoms with Gasteiger partial charge in [0.05, 0.1) is 28.5 Å². The lowest BCUT2D eigenvalue weighted by Crippen LogP contribution is -2.45. The van der Waals surface area contributed by atoms with Crippen LogP contribution in [0.2, 0.25) is 0 Å². The monoisotopic (exact) mass is 646 g/mol. The maximum atomic E-state index is 14.2. The first-order valence-electron chi connectivity index (χ1n) is 18.0. The van der Waals surface area contributed by atoms with Crippen LogP contribution in [-0.4, -0.2) is 58.5 Å². The van der Waals surface area contributed by atoms with E-state index in [1.165, 1.54) is 6.42 Å². The highest BCUT2D eigenvalue weighted by atomic mass is 16.6. The van der Waals surface area contributed by atoms with Gasteiger partial charge in [-0.2, -0.15) is 0 Å². The number of esters is 4. The summed E-state index contributed by atoms with van der Waals surface area (Å²) in [7, 11) is 0. The van der Waals surface area contributed by atoms with Gasteiger partial charge in [0.1, 0.15) is 11.2 Å². The van der Waals surface area contributed by atoms with Crippen molar-refractivity contribution in [3.05, 3.63) is 0 Å². The quantitative estimate of drug-likeness (QED) is 0.161. The first-order valence-corrected chi connectivity index (χ1v) is 18.0. The van der Waals surface area contributed by atoms with Gasteiger partial charge in [0, 0.05) is 12.8 Å². The van der Waals surface area contributed by atoms with Gasteiger partial charge in [0.15, 0.2) is 0 Å². The van der Waals surface area contributed by atoms with Crippen LogP contribution in [0.25, 0.3) is 0 Å². The van der Waals surface area contributed by atoms with Crippen molar-refractivity contribution >= 4 is 23.9 Å². The van der Waals surface area contributed by atoms with E-state index in [-0.39, 0.29) is 24.5 Å². The minimum atomic E-state index is -0.853. The lowest BCUT2D eigenvalue weighted by molar-refractivity contribution is -0.180. The van der Waals surface area contributed by atoms with E-state index < -0.39 is 51.1 Å². The Morgan fingerprint density at radius 2 is 1.48 bits per heavy atom. The van der Waals surface area contributed by atoms with E-state index >= 15 is 0 Å². The van der Waals surface area contributed by atoms with E-state index in [9.17, 15) is 24.3 Å². The van der Waals surface area contributed by atoms with Crippen molar-refractivity contribution in [2.75, 3.05) is 6.61 Å². The molecule has 46 heavy (non-hydrogen) atoms.